The van der Waals surface area contributed by atoms with Crippen molar-refractivity contribution in [3.05, 3.63) is 214 Å². The van der Waals surface area contributed by atoms with E-state index in [0.717, 1.165) is 44.9 Å². The Morgan fingerprint density at radius 1 is 0.562 bits per heavy atom. The van der Waals surface area contributed by atoms with Gasteiger partial charge in [-0.2, -0.15) is 0 Å². The van der Waals surface area contributed by atoms with Crippen molar-refractivity contribution in [1.82, 2.24) is 4.57 Å². The number of aromatic nitrogens is 1. The van der Waals surface area contributed by atoms with Gasteiger partial charge in [0.05, 0.1) is 23.6 Å². The van der Waals surface area contributed by atoms with Gasteiger partial charge in [-0.15, -0.1) is 0 Å². The smallest absolute Gasteiger partial charge is 0.0579 e. The first-order valence-electron chi connectivity index (χ1n) is 27.4. The van der Waals surface area contributed by atoms with Gasteiger partial charge in [0.1, 0.15) is 0 Å². The molecule has 0 amide bonds. The molecule has 0 fully saturated rings. The molecule has 5 aliphatic carbocycles. The number of anilines is 4. The van der Waals surface area contributed by atoms with E-state index >= 15 is 0 Å². The Balaban J connectivity index is 1.08. The summed E-state index contributed by atoms with van der Waals surface area (Å²) in [6.07, 6.45) is 38.6. The molecule has 3 unspecified atom stereocenters. The van der Waals surface area contributed by atoms with Gasteiger partial charge in [-0.1, -0.05) is 173 Å². The molecule has 6 aliphatic rings. The molecule has 374 valence electrons. The van der Waals surface area contributed by atoms with Crippen molar-refractivity contribution in [2.45, 2.75) is 155 Å². The van der Waals surface area contributed by atoms with E-state index in [0.29, 0.717) is 0 Å². The Labute approximate surface area is 437 Å². The first-order valence-corrected chi connectivity index (χ1v) is 27.4. The number of fused-ring (bicyclic) bond motifs is 4. The number of hydrogen-bond acceptors (Lipinski definition) is 3. The highest BCUT2D eigenvalue weighted by Crippen LogP contribution is 2.53. The van der Waals surface area contributed by atoms with Gasteiger partial charge in [0.15, 0.2) is 0 Å². The highest BCUT2D eigenvalue weighted by molar-refractivity contribution is 6.01. The Morgan fingerprint density at radius 2 is 1.21 bits per heavy atom. The van der Waals surface area contributed by atoms with Crippen LogP contribution in [0.1, 0.15) is 143 Å². The van der Waals surface area contributed by atoms with Gasteiger partial charge in [-0.3, -0.25) is 0 Å². The van der Waals surface area contributed by atoms with Gasteiger partial charge >= 0.3 is 0 Å². The van der Waals surface area contributed by atoms with E-state index in [4.69, 9.17) is 0 Å². The van der Waals surface area contributed by atoms with Crippen LogP contribution in [0.5, 0.6) is 0 Å². The summed E-state index contributed by atoms with van der Waals surface area (Å²) >= 11 is 0. The minimum absolute atomic E-state index is 0.0772. The van der Waals surface area contributed by atoms with E-state index in [9.17, 15) is 0 Å². The van der Waals surface area contributed by atoms with E-state index in [1.807, 2.05) is 0 Å². The first-order chi connectivity index (χ1) is 34.9. The third-order valence-corrected chi connectivity index (χ3v) is 16.8. The summed E-state index contributed by atoms with van der Waals surface area (Å²) in [7, 11) is 0. The monoisotopic (exact) mass is 963 g/mol. The SMILES string of the molecule is CC(C)(C)C1=CCC(N(C2=CCCC=C2)c2cc3c4c(c2)c2c(n4C4=C(CC(N(c5ccccc5)c5ccc(C(C)(C)C)cc5)C=C4)C3(C)C)C=CC(N(C3=CC=CCC3)c3ccc(C(C)(C)C)cc3)C2)C=C1. The topological polar surface area (TPSA) is 14.7 Å². The molecule has 0 spiro atoms. The molecule has 1 aliphatic heterocycles. The summed E-state index contributed by atoms with van der Waals surface area (Å²) in [6, 6.07) is 35.5. The largest absolute Gasteiger partial charge is 0.338 e. The minimum Gasteiger partial charge on any atom is -0.338 e. The number of rotatable bonds is 9. The Hall–Kier alpha value is -6.52. The van der Waals surface area contributed by atoms with Crippen LogP contribution < -0.4 is 14.7 Å². The summed E-state index contributed by atoms with van der Waals surface area (Å²) < 4.78 is 2.68. The standard InChI is InChI=1S/C69H78N4/c1-66(2,3)47-27-33-53(34-28-47)70(50-21-15-12-16-22-50)56-39-41-63-59(43-56)60-44-58(72(52-25-19-14-20-26-52)55-37-31-49(32-38-55)68(7,8)9)46-62-65(60)73(63)64-42-40-57(45-61(64)69(62,10)11)71(51-23-17-13-18-24-51)54-35-29-48(30-36-54)67(4,5)6/h12-13,15,17-19,21,23-37,39-42,44,46,55-57H,14,16,20,22,38,43,45H2,1-11H3. The fourth-order valence-electron chi connectivity index (χ4n) is 12.6. The lowest BCUT2D eigenvalue weighted by Gasteiger charge is -2.43. The average molecular weight is 963 g/mol. The molecule has 73 heavy (non-hydrogen) atoms. The normalized spacial score (nSPS) is 21.1. The zero-order valence-corrected chi connectivity index (χ0v) is 45.6. The molecule has 0 radical (unpaired) electrons. The maximum atomic E-state index is 2.68. The Bertz CT molecular complexity index is 3220. The summed E-state index contributed by atoms with van der Waals surface area (Å²) in [5, 5.41) is 1.38. The summed E-state index contributed by atoms with van der Waals surface area (Å²) in [5.41, 5.74) is 20.2. The van der Waals surface area contributed by atoms with Gasteiger partial charge in [0, 0.05) is 56.3 Å². The Kier molecular flexibility index (Phi) is 12.3. The van der Waals surface area contributed by atoms with Crippen LogP contribution in [-0.2, 0) is 22.7 Å². The number of benzene rings is 4. The maximum Gasteiger partial charge on any atom is 0.0579 e. The number of hydrogen-bond donors (Lipinski definition) is 0. The molecule has 0 saturated carbocycles. The summed E-state index contributed by atoms with van der Waals surface area (Å²) in [5.74, 6) is 0. The predicted molar refractivity (Wildman–Crippen MR) is 314 cm³/mol. The van der Waals surface area contributed by atoms with E-state index in [2.05, 4.69) is 265 Å². The van der Waals surface area contributed by atoms with Crippen LogP contribution in [0.3, 0.4) is 0 Å². The second-order valence-electron chi connectivity index (χ2n) is 25.2. The lowest BCUT2D eigenvalue weighted by Crippen LogP contribution is -2.38. The van der Waals surface area contributed by atoms with Crippen LogP contribution in [-0.4, -0.2) is 22.7 Å². The fourth-order valence-corrected chi connectivity index (χ4v) is 12.6. The molecule has 4 nitrogen and oxygen atoms in total. The van der Waals surface area contributed by atoms with Gasteiger partial charge < -0.3 is 19.3 Å². The molecule has 0 N–H and O–H groups in total. The van der Waals surface area contributed by atoms with Crippen LogP contribution in [0.15, 0.2) is 186 Å². The van der Waals surface area contributed by atoms with Crippen molar-refractivity contribution >= 4 is 45.4 Å². The van der Waals surface area contributed by atoms with Crippen LogP contribution in [0.4, 0.5) is 22.7 Å². The van der Waals surface area contributed by atoms with Gasteiger partial charge in [0.2, 0.25) is 0 Å². The van der Waals surface area contributed by atoms with Gasteiger partial charge in [0.25, 0.3) is 0 Å². The molecule has 0 saturated heterocycles. The van der Waals surface area contributed by atoms with Gasteiger partial charge in [-0.25, -0.2) is 0 Å². The molecule has 3 atom stereocenters. The second kappa shape index (κ2) is 18.4. The van der Waals surface area contributed by atoms with Crippen LogP contribution in [0.2, 0.25) is 0 Å². The lowest BCUT2D eigenvalue weighted by atomic mass is 9.70. The van der Waals surface area contributed by atoms with Gasteiger partial charge in [-0.05, 0) is 167 Å². The van der Waals surface area contributed by atoms with Crippen molar-refractivity contribution < 1.29 is 0 Å². The number of para-hydroxylation sites is 1. The molecule has 1 aromatic heterocycles. The van der Waals surface area contributed by atoms with Crippen molar-refractivity contribution in [3.8, 4) is 0 Å². The molecule has 11 rings (SSSR count). The van der Waals surface area contributed by atoms with E-state index < -0.39 is 0 Å². The van der Waals surface area contributed by atoms with Crippen LogP contribution in [0, 0.1) is 5.41 Å². The average Bonchev–Trinajstić information content (AvgIpc) is 3.71. The van der Waals surface area contributed by atoms with Crippen molar-refractivity contribution in [1.29, 1.82) is 0 Å². The molecular formula is C69H78N4. The van der Waals surface area contributed by atoms with E-state index in [-0.39, 0.29) is 39.8 Å². The molecule has 4 aromatic carbocycles. The van der Waals surface area contributed by atoms with E-state index in [1.54, 1.807) is 0 Å². The summed E-state index contributed by atoms with van der Waals surface area (Å²) in [6.45, 7) is 25.9. The van der Waals surface area contributed by atoms with Crippen LogP contribution in [0.25, 0.3) is 22.7 Å². The third kappa shape index (κ3) is 8.97. The van der Waals surface area contributed by atoms with E-state index in [1.165, 1.54) is 89.8 Å². The third-order valence-electron chi connectivity index (χ3n) is 16.8. The quantitative estimate of drug-likeness (QED) is 0.146. The maximum absolute atomic E-state index is 2.68. The molecule has 0 bridgehead atoms. The number of nitrogens with zero attached hydrogens (tertiary/aromatic N) is 4. The fraction of sp³-hybridized carbons (Fsp3) is 0.362. The zero-order chi connectivity index (χ0) is 51.0. The zero-order valence-electron chi connectivity index (χ0n) is 45.6. The molecule has 4 heteroatoms. The highest BCUT2D eigenvalue weighted by atomic mass is 15.2. The summed E-state index contributed by atoms with van der Waals surface area (Å²) in [4.78, 5) is 7.92. The second-order valence-corrected chi connectivity index (χ2v) is 25.2. The molecule has 2 heterocycles. The molecular weight excluding hydrogens is 885 g/mol. The highest BCUT2D eigenvalue weighted by Gasteiger charge is 2.42. The molecule has 5 aromatic rings. The minimum atomic E-state index is -0.268. The van der Waals surface area contributed by atoms with Crippen molar-refractivity contribution in [2.24, 2.45) is 5.41 Å². The predicted octanol–water partition coefficient (Wildman–Crippen LogP) is 17.9. The Morgan fingerprint density at radius 3 is 1.81 bits per heavy atom. The van der Waals surface area contributed by atoms with Crippen molar-refractivity contribution in [3.63, 3.8) is 0 Å². The first kappa shape index (κ1) is 48.7. The lowest BCUT2D eigenvalue weighted by molar-refractivity contribution is 0.509. The van der Waals surface area contributed by atoms with Crippen LogP contribution >= 0.6 is 0 Å². The number of allylic oxidation sites excluding steroid dienone is 11. The van der Waals surface area contributed by atoms with Crippen molar-refractivity contribution in [2.75, 3.05) is 14.7 Å².